The average molecular weight is 310 g/mol. The number of hydrogen-bond acceptors (Lipinski definition) is 3. The van der Waals surface area contributed by atoms with Gasteiger partial charge in [0.25, 0.3) is 0 Å². The summed E-state index contributed by atoms with van der Waals surface area (Å²) in [4.78, 5) is 22.1. The molecule has 3 heteroatoms. The molecule has 23 heavy (non-hydrogen) atoms. The molecule has 2 aromatic carbocycles. The molecule has 0 N–H and O–H groups in total. The quantitative estimate of drug-likeness (QED) is 0.578. The number of Topliss-reactive ketones (excluding diaryl/α,β-unsaturated/α-hetero) is 1. The van der Waals surface area contributed by atoms with Crippen LogP contribution < -0.4 is 0 Å². The van der Waals surface area contributed by atoms with E-state index in [0.717, 1.165) is 23.1 Å². The Bertz CT molecular complexity index is 669. The molecule has 1 atom stereocenters. The lowest BCUT2D eigenvalue weighted by atomic mass is 9.95. The van der Waals surface area contributed by atoms with Crippen LogP contribution in [0.3, 0.4) is 0 Å². The van der Waals surface area contributed by atoms with Crippen LogP contribution in [0.5, 0.6) is 0 Å². The fourth-order valence-electron chi connectivity index (χ4n) is 2.45. The van der Waals surface area contributed by atoms with Crippen molar-refractivity contribution in [3.63, 3.8) is 0 Å². The summed E-state index contributed by atoms with van der Waals surface area (Å²) in [6, 6.07) is 16.0. The molecule has 0 bridgehead atoms. The molecule has 3 nitrogen and oxygen atoms in total. The molecule has 1 unspecified atom stereocenters. The van der Waals surface area contributed by atoms with E-state index < -0.39 is 0 Å². The van der Waals surface area contributed by atoms with E-state index in [1.807, 2.05) is 24.3 Å². The third kappa shape index (κ3) is 4.78. The molecule has 0 amide bonds. The van der Waals surface area contributed by atoms with Crippen LogP contribution in [-0.2, 0) is 9.53 Å². The highest BCUT2D eigenvalue weighted by atomic mass is 16.5. The summed E-state index contributed by atoms with van der Waals surface area (Å²) in [6.45, 7) is 5.57. The van der Waals surface area contributed by atoms with Crippen LogP contribution in [0.25, 0.3) is 11.1 Å². The first kappa shape index (κ1) is 16.9. The third-order valence-corrected chi connectivity index (χ3v) is 3.96. The van der Waals surface area contributed by atoms with Crippen LogP contribution >= 0.6 is 0 Å². The van der Waals surface area contributed by atoms with Gasteiger partial charge in [0, 0.05) is 12.5 Å². The van der Waals surface area contributed by atoms with Crippen molar-refractivity contribution in [2.75, 3.05) is 6.61 Å². The molecule has 0 saturated heterocycles. The summed E-state index contributed by atoms with van der Waals surface area (Å²) in [5, 5.41) is 0. The highest BCUT2D eigenvalue weighted by molar-refractivity contribution is 5.94. The Morgan fingerprint density at radius 3 is 1.91 bits per heavy atom. The molecule has 120 valence electrons. The number of ketones is 1. The van der Waals surface area contributed by atoms with Gasteiger partial charge in [0.15, 0.2) is 5.78 Å². The van der Waals surface area contributed by atoms with Crippen LogP contribution in [-0.4, -0.2) is 18.4 Å². The average Bonchev–Trinajstić information content (AvgIpc) is 2.54. The van der Waals surface area contributed by atoms with Gasteiger partial charge in [0.05, 0.1) is 6.61 Å². The Balaban J connectivity index is 2.03. The molecule has 2 rings (SSSR count). The molecule has 0 aliphatic heterocycles. The van der Waals surface area contributed by atoms with E-state index in [1.165, 1.54) is 12.5 Å². The Morgan fingerprint density at radius 1 is 0.913 bits per heavy atom. The molecule has 0 fully saturated rings. The summed E-state index contributed by atoms with van der Waals surface area (Å²) in [5.41, 5.74) is 4.16. The van der Waals surface area contributed by atoms with Crippen LogP contribution in [0, 0.1) is 0 Å². The van der Waals surface area contributed by atoms with E-state index in [9.17, 15) is 9.59 Å². The minimum absolute atomic E-state index is 0.0773. The molecule has 2 aromatic rings. The van der Waals surface area contributed by atoms with Gasteiger partial charge in [-0.25, -0.2) is 0 Å². The predicted octanol–water partition coefficient (Wildman–Crippen LogP) is 4.61. The van der Waals surface area contributed by atoms with Crippen LogP contribution in [0.1, 0.15) is 49.0 Å². The Labute approximate surface area is 137 Å². The third-order valence-electron chi connectivity index (χ3n) is 3.96. The van der Waals surface area contributed by atoms with Crippen molar-refractivity contribution in [2.45, 2.75) is 33.1 Å². The summed E-state index contributed by atoms with van der Waals surface area (Å²) < 4.78 is 4.99. The van der Waals surface area contributed by atoms with Crippen molar-refractivity contribution in [1.82, 2.24) is 0 Å². The Morgan fingerprint density at radius 2 is 1.43 bits per heavy atom. The van der Waals surface area contributed by atoms with Gasteiger partial charge in [-0.05, 0) is 36.0 Å². The monoisotopic (exact) mass is 310 g/mol. The lowest BCUT2D eigenvalue weighted by molar-refractivity contribution is -0.141. The molecule has 0 spiro atoms. The van der Waals surface area contributed by atoms with Gasteiger partial charge in [0.2, 0.25) is 0 Å². The number of carbonyl (C=O) groups excluding carboxylic acids is 2. The van der Waals surface area contributed by atoms with Crippen molar-refractivity contribution < 1.29 is 14.3 Å². The minimum atomic E-state index is -0.235. The first-order valence-corrected chi connectivity index (χ1v) is 7.82. The predicted molar refractivity (Wildman–Crippen MR) is 91.5 cm³/mol. The topological polar surface area (TPSA) is 43.4 Å². The molecular formula is C20H22O3. The second-order valence-electron chi connectivity index (χ2n) is 5.79. The number of carbonyl (C=O) groups is 2. The van der Waals surface area contributed by atoms with Crippen LogP contribution in [0.15, 0.2) is 48.5 Å². The van der Waals surface area contributed by atoms with E-state index in [1.54, 1.807) is 6.92 Å². The fourth-order valence-corrected chi connectivity index (χ4v) is 2.45. The summed E-state index contributed by atoms with van der Waals surface area (Å²) >= 11 is 0. The Kier molecular flexibility index (Phi) is 5.69. The lowest BCUT2D eigenvalue weighted by Crippen LogP contribution is -2.04. The number of hydrogen-bond donors (Lipinski definition) is 0. The van der Waals surface area contributed by atoms with E-state index in [4.69, 9.17) is 4.74 Å². The van der Waals surface area contributed by atoms with Gasteiger partial charge in [-0.15, -0.1) is 0 Å². The minimum Gasteiger partial charge on any atom is -0.466 e. The number of ether oxygens (including phenoxy) is 1. The highest BCUT2D eigenvalue weighted by Gasteiger charge is 2.07. The number of esters is 1. The van der Waals surface area contributed by atoms with Crippen molar-refractivity contribution in [3.8, 4) is 11.1 Å². The van der Waals surface area contributed by atoms with Crippen molar-refractivity contribution in [2.24, 2.45) is 0 Å². The van der Waals surface area contributed by atoms with E-state index in [2.05, 4.69) is 31.2 Å². The maximum Gasteiger partial charge on any atom is 0.302 e. The maximum absolute atomic E-state index is 11.3. The van der Waals surface area contributed by atoms with Gasteiger partial charge in [-0.1, -0.05) is 55.5 Å². The van der Waals surface area contributed by atoms with Gasteiger partial charge in [-0.2, -0.15) is 0 Å². The summed E-state index contributed by atoms with van der Waals surface area (Å²) in [5.74, 6) is 0.179. The van der Waals surface area contributed by atoms with Gasteiger partial charge in [-0.3, -0.25) is 9.59 Å². The van der Waals surface area contributed by atoms with Crippen molar-refractivity contribution in [3.05, 3.63) is 59.7 Å². The Hall–Kier alpha value is -2.42. The van der Waals surface area contributed by atoms with Crippen molar-refractivity contribution in [1.29, 1.82) is 0 Å². The first-order chi connectivity index (χ1) is 11.0. The van der Waals surface area contributed by atoms with E-state index in [-0.39, 0.29) is 11.8 Å². The van der Waals surface area contributed by atoms with Crippen LogP contribution in [0.2, 0.25) is 0 Å². The molecule has 0 aliphatic carbocycles. The molecular weight excluding hydrogens is 288 g/mol. The normalized spacial score (nSPS) is 11.8. The maximum atomic E-state index is 11.3. The van der Waals surface area contributed by atoms with Crippen molar-refractivity contribution >= 4 is 11.8 Å². The lowest BCUT2D eigenvalue weighted by Gasteiger charge is -2.12. The molecule has 0 radical (unpaired) electrons. The largest absolute Gasteiger partial charge is 0.466 e. The standard InChI is InChI=1S/C20H22O3/c1-14(12-13-23-16(3)22)17-4-8-19(9-5-17)20-10-6-18(7-11-20)15(2)21/h4-11,14H,12-13H2,1-3H3. The number of rotatable bonds is 6. The molecule has 0 heterocycles. The zero-order valence-electron chi connectivity index (χ0n) is 13.8. The molecule has 0 aromatic heterocycles. The fraction of sp³-hybridized carbons (Fsp3) is 0.300. The number of benzene rings is 2. The first-order valence-electron chi connectivity index (χ1n) is 7.82. The van der Waals surface area contributed by atoms with Gasteiger partial charge < -0.3 is 4.74 Å². The molecule has 0 aliphatic rings. The molecule has 0 saturated carbocycles. The highest BCUT2D eigenvalue weighted by Crippen LogP contribution is 2.24. The van der Waals surface area contributed by atoms with Gasteiger partial charge >= 0.3 is 5.97 Å². The van der Waals surface area contributed by atoms with Crippen LogP contribution in [0.4, 0.5) is 0 Å². The second-order valence-corrected chi connectivity index (χ2v) is 5.79. The smallest absolute Gasteiger partial charge is 0.302 e. The van der Waals surface area contributed by atoms with Gasteiger partial charge in [0.1, 0.15) is 0 Å². The van der Waals surface area contributed by atoms with E-state index >= 15 is 0 Å². The SMILES string of the molecule is CC(=O)OCCC(C)c1ccc(-c2ccc(C(C)=O)cc2)cc1. The summed E-state index contributed by atoms with van der Waals surface area (Å²) in [6.07, 6.45) is 0.812. The van der Waals surface area contributed by atoms with E-state index in [0.29, 0.717) is 12.5 Å². The summed E-state index contributed by atoms with van der Waals surface area (Å²) in [7, 11) is 0. The zero-order valence-corrected chi connectivity index (χ0v) is 13.8. The zero-order chi connectivity index (χ0) is 16.8. The second kappa shape index (κ2) is 7.73.